The van der Waals surface area contributed by atoms with Crippen LogP contribution in [0.25, 0.3) is 0 Å². The van der Waals surface area contributed by atoms with Gasteiger partial charge in [0.05, 0.1) is 17.5 Å². The lowest BCUT2D eigenvalue weighted by Crippen LogP contribution is -2.50. The van der Waals surface area contributed by atoms with Crippen LogP contribution in [0.15, 0.2) is 16.6 Å². The second-order valence-electron chi connectivity index (χ2n) is 8.87. The number of hydrazine groups is 1. The Balaban J connectivity index is 1.87. The summed E-state index contributed by atoms with van der Waals surface area (Å²) in [5.74, 6) is 0.689. The van der Waals surface area contributed by atoms with Gasteiger partial charge in [-0.1, -0.05) is 33.8 Å². The van der Waals surface area contributed by atoms with Crippen LogP contribution in [0.3, 0.4) is 0 Å². The summed E-state index contributed by atoms with van der Waals surface area (Å²) in [4.78, 5) is 12.5. The summed E-state index contributed by atoms with van der Waals surface area (Å²) < 4.78 is 18.1. The molecule has 170 valence electrons. The molecule has 0 spiro atoms. The molecule has 0 aromatic heterocycles. The molecular weight excluding hydrogens is 448 g/mol. The predicted molar refractivity (Wildman–Crippen MR) is 122 cm³/mol. The highest BCUT2D eigenvalue weighted by Crippen LogP contribution is 2.31. The van der Waals surface area contributed by atoms with Crippen LogP contribution >= 0.6 is 15.9 Å². The molecule has 1 unspecified atom stereocenters. The maximum Gasteiger partial charge on any atom is 0.238 e. The number of hydrogen-bond donors (Lipinski definition) is 2. The molecule has 1 amide bonds. The first kappa shape index (κ1) is 25.1. The molecule has 2 atom stereocenters. The van der Waals surface area contributed by atoms with Crippen LogP contribution < -0.4 is 15.6 Å². The SMILES string of the molecule is CC[C@@H](NNC(=O)Cc1ccc(Br)c(OCCOC2CCCCO2)c1C)C(C)(C)C. The standard InChI is InChI=1S/C23H37BrN2O4/c1-6-19(23(3,4)5)25-26-20(27)15-17-10-11-18(24)22(16(17)2)30-14-13-29-21-9-7-8-12-28-21/h10-11,19,21,25H,6-9,12-15H2,1-5H3,(H,26,27)/t19-,21?/m1/s1. The second kappa shape index (κ2) is 12.0. The highest BCUT2D eigenvalue weighted by Gasteiger charge is 2.23. The summed E-state index contributed by atoms with van der Waals surface area (Å²) >= 11 is 3.55. The van der Waals surface area contributed by atoms with Crippen LogP contribution in [0.2, 0.25) is 0 Å². The zero-order chi connectivity index (χ0) is 22.1. The van der Waals surface area contributed by atoms with Crippen molar-refractivity contribution in [1.29, 1.82) is 0 Å². The third kappa shape index (κ3) is 7.84. The molecule has 30 heavy (non-hydrogen) atoms. The average molecular weight is 485 g/mol. The molecule has 0 bridgehead atoms. The van der Waals surface area contributed by atoms with Gasteiger partial charge in [-0.2, -0.15) is 0 Å². The number of benzene rings is 1. The van der Waals surface area contributed by atoms with E-state index < -0.39 is 0 Å². The quantitative estimate of drug-likeness (QED) is 0.373. The minimum absolute atomic E-state index is 0.0631. The van der Waals surface area contributed by atoms with Crippen molar-refractivity contribution in [3.05, 3.63) is 27.7 Å². The molecule has 1 aromatic rings. The molecule has 1 fully saturated rings. The second-order valence-corrected chi connectivity index (χ2v) is 9.73. The summed E-state index contributed by atoms with van der Waals surface area (Å²) in [7, 11) is 0. The highest BCUT2D eigenvalue weighted by molar-refractivity contribution is 9.10. The van der Waals surface area contributed by atoms with Gasteiger partial charge in [-0.3, -0.25) is 10.2 Å². The van der Waals surface area contributed by atoms with E-state index in [0.29, 0.717) is 13.2 Å². The third-order valence-corrected chi connectivity index (χ3v) is 6.06. The van der Waals surface area contributed by atoms with E-state index in [1.165, 1.54) is 0 Å². The molecule has 2 rings (SSSR count). The summed E-state index contributed by atoms with van der Waals surface area (Å²) in [6.45, 7) is 12.2. The first-order valence-corrected chi connectivity index (χ1v) is 11.7. The van der Waals surface area contributed by atoms with E-state index in [4.69, 9.17) is 14.2 Å². The summed E-state index contributed by atoms with van der Waals surface area (Å²) in [6, 6.07) is 4.09. The minimum atomic E-state index is -0.116. The number of carbonyl (C=O) groups is 1. The van der Waals surface area contributed by atoms with E-state index in [2.05, 4.69) is 54.5 Å². The maximum atomic E-state index is 12.5. The van der Waals surface area contributed by atoms with Crippen LogP contribution in [0.1, 0.15) is 64.5 Å². The fourth-order valence-corrected chi connectivity index (χ4v) is 4.09. The van der Waals surface area contributed by atoms with E-state index in [9.17, 15) is 4.79 Å². The van der Waals surface area contributed by atoms with Crippen molar-refractivity contribution in [3.63, 3.8) is 0 Å². The summed E-state index contributed by atoms with van der Waals surface area (Å²) in [5.41, 5.74) is 8.01. The fraction of sp³-hybridized carbons (Fsp3) is 0.696. The van der Waals surface area contributed by atoms with Crippen molar-refractivity contribution >= 4 is 21.8 Å². The first-order chi connectivity index (χ1) is 14.2. The van der Waals surface area contributed by atoms with Crippen molar-refractivity contribution in [2.24, 2.45) is 5.41 Å². The topological polar surface area (TPSA) is 68.8 Å². The zero-order valence-electron chi connectivity index (χ0n) is 19.0. The molecule has 1 saturated heterocycles. The van der Waals surface area contributed by atoms with Gasteiger partial charge < -0.3 is 14.2 Å². The number of halogens is 1. The number of rotatable bonds is 10. The lowest BCUT2D eigenvalue weighted by Gasteiger charge is -2.30. The van der Waals surface area contributed by atoms with E-state index in [1.54, 1.807) is 0 Å². The maximum absolute atomic E-state index is 12.5. The molecule has 2 N–H and O–H groups in total. The molecule has 7 heteroatoms. The van der Waals surface area contributed by atoms with Gasteiger partial charge >= 0.3 is 0 Å². The number of nitrogens with one attached hydrogen (secondary N) is 2. The molecular formula is C23H37BrN2O4. The van der Waals surface area contributed by atoms with Crippen LogP contribution in [0.4, 0.5) is 0 Å². The zero-order valence-corrected chi connectivity index (χ0v) is 20.6. The van der Waals surface area contributed by atoms with Crippen LogP contribution in [-0.4, -0.2) is 38.1 Å². The third-order valence-electron chi connectivity index (χ3n) is 5.43. The van der Waals surface area contributed by atoms with Crippen molar-refractivity contribution in [2.45, 2.75) is 79.1 Å². The summed E-state index contributed by atoms with van der Waals surface area (Å²) in [5, 5.41) is 0. The van der Waals surface area contributed by atoms with Crippen LogP contribution in [0.5, 0.6) is 5.75 Å². The molecule has 0 radical (unpaired) electrons. The predicted octanol–water partition coefficient (Wildman–Crippen LogP) is 4.67. The monoisotopic (exact) mass is 484 g/mol. The molecule has 1 aliphatic rings. The minimum Gasteiger partial charge on any atom is -0.490 e. The van der Waals surface area contributed by atoms with Gasteiger partial charge in [0.15, 0.2) is 6.29 Å². The molecule has 1 aliphatic heterocycles. The Morgan fingerprint density at radius 1 is 1.30 bits per heavy atom. The molecule has 6 nitrogen and oxygen atoms in total. The lowest BCUT2D eigenvalue weighted by atomic mass is 9.86. The van der Waals surface area contributed by atoms with E-state index in [0.717, 1.165) is 53.6 Å². The van der Waals surface area contributed by atoms with Gasteiger partial charge in [0.1, 0.15) is 12.4 Å². The summed E-state index contributed by atoms with van der Waals surface area (Å²) in [6.07, 6.45) is 4.30. The number of carbonyl (C=O) groups excluding carboxylic acids is 1. The smallest absolute Gasteiger partial charge is 0.238 e. The fourth-order valence-electron chi connectivity index (χ4n) is 3.55. The molecule has 0 saturated carbocycles. The normalized spacial score (nSPS) is 18.1. The highest BCUT2D eigenvalue weighted by atomic mass is 79.9. The van der Waals surface area contributed by atoms with Gasteiger partial charge in [-0.25, -0.2) is 5.43 Å². The Morgan fingerprint density at radius 2 is 2.07 bits per heavy atom. The van der Waals surface area contributed by atoms with Crippen molar-refractivity contribution in [1.82, 2.24) is 10.9 Å². The van der Waals surface area contributed by atoms with E-state index in [1.807, 2.05) is 19.1 Å². The molecule has 1 heterocycles. The first-order valence-electron chi connectivity index (χ1n) is 10.9. The number of amides is 1. The van der Waals surface area contributed by atoms with Crippen LogP contribution in [-0.2, 0) is 20.7 Å². The Kier molecular flexibility index (Phi) is 10.1. The lowest BCUT2D eigenvalue weighted by molar-refractivity contribution is -0.165. The largest absolute Gasteiger partial charge is 0.490 e. The number of ether oxygens (including phenoxy) is 3. The van der Waals surface area contributed by atoms with Gasteiger partial charge in [0.25, 0.3) is 0 Å². The van der Waals surface area contributed by atoms with Crippen molar-refractivity contribution < 1.29 is 19.0 Å². The average Bonchev–Trinajstić information content (AvgIpc) is 2.69. The van der Waals surface area contributed by atoms with Gasteiger partial charge in [0.2, 0.25) is 5.91 Å². The number of hydrogen-bond acceptors (Lipinski definition) is 5. The van der Waals surface area contributed by atoms with E-state index >= 15 is 0 Å². The van der Waals surface area contributed by atoms with Gasteiger partial charge in [-0.15, -0.1) is 0 Å². The van der Waals surface area contributed by atoms with Gasteiger partial charge in [-0.05, 0) is 71.1 Å². The van der Waals surface area contributed by atoms with Crippen LogP contribution in [0, 0.1) is 12.3 Å². The van der Waals surface area contributed by atoms with Crippen molar-refractivity contribution in [3.8, 4) is 5.75 Å². The molecule has 1 aromatic carbocycles. The van der Waals surface area contributed by atoms with Crippen molar-refractivity contribution in [2.75, 3.05) is 19.8 Å². The van der Waals surface area contributed by atoms with E-state index in [-0.39, 0.29) is 30.1 Å². The Hall–Kier alpha value is -1.15. The van der Waals surface area contributed by atoms with Gasteiger partial charge in [0, 0.05) is 12.6 Å². The Labute approximate surface area is 189 Å². The molecule has 0 aliphatic carbocycles. The Bertz CT molecular complexity index is 685. The Morgan fingerprint density at radius 3 is 2.70 bits per heavy atom.